The van der Waals surface area contributed by atoms with Gasteiger partial charge < -0.3 is 9.88 Å². The molecule has 0 aliphatic carbocycles. The van der Waals surface area contributed by atoms with Crippen LogP contribution in [-0.2, 0) is 7.05 Å². The minimum atomic E-state index is 0.910. The molecule has 1 saturated heterocycles. The number of hydrogen-bond acceptors (Lipinski definition) is 3. The average molecular weight is 197 g/mol. The van der Waals surface area contributed by atoms with Gasteiger partial charge in [0.2, 0.25) is 0 Å². The summed E-state index contributed by atoms with van der Waals surface area (Å²) in [4.78, 5) is 4.27. The van der Waals surface area contributed by atoms with Crippen molar-refractivity contribution in [3.63, 3.8) is 0 Å². The van der Waals surface area contributed by atoms with Gasteiger partial charge in [-0.15, -0.1) is 0 Å². The summed E-state index contributed by atoms with van der Waals surface area (Å²) < 4.78 is 2.07. The van der Waals surface area contributed by atoms with E-state index >= 15 is 0 Å². The molecule has 0 atom stereocenters. The van der Waals surface area contributed by atoms with Gasteiger partial charge in [-0.1, -0.05) is 11.8 Å². The molecule has 0 saturated carbocycles. The van der Waals surface area contributed by atoms with Gasteiger partial charge in [0.15, 0.2) is 5.16 Å². The predicted octanol–water partition coefficient (Wildman–Crippen LogP) is 1.12. The molecule has 0 unspecified atom stereocenters. The first-order chi connectivity index (χ1) is 6.36. The molecule has 3 nitrogen and oxygen atoms in total. The molecular formula is C9H15N3S. The highest BCUT2D eigenvalue weighted by Gasteiger charge is 2.16. The zero-order valence-corrected chi connectivity index (χ0v) is 8.68. The number of aryl methyl sites for hydroxylation is 1. The van der Waals surface area contributed by atoms with Crippen molar-refractivity contribution in [2.24, 2.45) is 13.0 Å². The number of hydrogen-bond donors (Lipinski definition) is 1. The lowest BCUT2D eigenvalue weighted by atomic mass is 10.0. The van der Waals surface area contributed by atoms with Crippen LogP contribution in [0.5, 0.6) is 0 Å². The van der Waals surface area contributed by atoms with E-state index in [0.717, 1.165) is 11.1 Å². The minimum absolute atomic E-state index is 0.910. The van der Waals surface area contributed by atoms with Crippen LogP contribution in [0.1, 0.15) is 6.42 Å². The number of imidazole rings is 1. The zero-order valence-electron chi connectivity index (χ0n) is 7.86. The van der Waals surface area contributed by atoms with Crippen LogP contribution < -0.4 is 5.32 Å². The fourth-order valence-corrected chi connectivity index (χ4v) is 2.39. The molecule has 0 radical (unpaired) electrons. The van der Waals surface area contributed by atoms with E-state index in [4.69, 9.17) is 0 Å². The highest BCUT2D eigenvalue weighted by Crippen LogP contribution is 2.19. The molecule has 4 heteroatoms. The maximum absolute atomic E-state index is 4.27. The molecule has 0 amide bonds. The smallest absolute Gasteiger partial charge is 0.167 e. The van der Waals surface area contributed by atoms with Gasteiger partial charge in [-0.2, -0.15) is 0 Å². The second-order valence-corrected chi connectivity index (χ2v) is 4.54. The Bertz CT molecular complexity index is 268. The van der Waals surface area contributed by atoms with Gasteiger partial charge in [0.1, 0.15) is 0 Å². The second-order valence-electron chi connectivity index (χ2n) is 3.48. The number of rotatable bonds is 4. The first kappa shape index (κ1) is 9.09. The molecule has 1 aliphatic rings. The monoisotopic (exact) mass is 197 g/mol. The molecule has 1 aromatic rings. The lowest BCUT2D eigenvalue weighted by Crippen LogP contribution is -2.42. The van der Waals surface area contributed by atoms with E-state index in [1.54, 1.807) is 0 Å². The van der Waals surface area contributed by atoms with Crippen molar-refractivity contribution >= 4 is 11.8 Å². The molecule has 0 bridgehead atoms. The van der Waals surface area contributed by atoms with Gasteiger partial charge in [-0.25, -0.2) is 4.98 Å². The number of nitrogens with one attached hydrogen (secondary N) is 1. The molecule has 1 aromatic heterocycles. The lowest BCUT2D eigenvalue weighted by molar-refractivity contribution is 0.341. The molecule has 13 heavy (non-hydrogen) atoms. The zero-order chi connectivity index (χ0) is 9.10. The normalized spacial score (nSPS) is 17.3. The van der Waals surface area contributed by atoms with E-state index in [9.17, 15) is 0 Å². The average Bonchev–Trinajstić information content (AvgIpc) is 2.42. The van der Waals surface area contributed by atoms with Gasteiger partial charge in [0, 0.05) is 25.2 Å². The van der Waals surface area contributed by atoms with E-state index in [1.807, 2.05) is 31.2 Å². The second kappa shape index (κ2) is 4.15. The summed E-state index contributed by atoms with van der Waals surface area (Å²) in [5, 5.41) is 4.42. The van der Waals surface area contributed by atoms with Crippen LogP contribution >= 0.6 is 11.8 Å². The number of thioether (sulfide) groups is 1. The first-order valence-corrected chi connectivity index (χ1v) is 5.65. The van der Waals surface area contributed by atoms with Crippen LogP contribution in [0, 0.1) is 5.92 Å². The van der Waals surface area contributed by atoms with Crippen LogP contribution in [0.4, 0.5) is 0 Å². The summed E-state index contributed by atoms with van der Waals surface area (Å²) in [6.07, 6.45) is 5.16. The van der Waals surface area contributed by atoms with Crippen molar-refractivity contribution in [3.8, 4) is 0 Å². The van der Waals surface area contributed by atoms with Gasteiger partial charge >= 0.3 is 0 Å². The summed E-state index contributed by atoms with van der Waals surface area (Å²) in [5.41, 5.74) is 0. The standard InChI is InChI=1S/C9H15N3S/c1-12-4-3-11-9(12)13-5-2-8-6-10-7-8/h3-4,8,10H,2,5-7H2,1H3. The quantitative estimate of drug-likeness (QED) is 0.734. The van der Waals surface area contributed by atoms with Crippen molar-refractivity contribution in [2.75, 3.05) is 18.8 Å². The fraction of sp³-hybridized carbons (Fsp3) is 0.667. The summed E-state index contributed by atoms with van der Waals surface area (Å²) >= 11 is 1.86. The number of aromatic nitrogens is 2. The maximum Gasteiger partial charge on any atom is 0.167 e. The molecule has 1 N–H and O–H groups in total. The molecular weight excluding hydrogens is 182 g/mol. The molecule has 0 aromatic carbocycles. The molecule has 1 aliphatic heterocycles. The van der Waals surface area contributed by atoms with Crippen molar-refractivity contribution in [1.82, 2.24) is 14.9 Å². The Hall–Kier alpha value is -0.480. The van der Waals surface area contributed by atoms with Crippen molar-refractivity contribution in [3.05, 3.63) is 12.4 Å². The SMILES string of the molecule is Cn1ccnc1SCCC1CNC1. The first-order valence-electron chi connectivity index (χ1n) is 4.67. The highest BCUT2D eigenvalue weighted by molar-refractivity contribution is 7.99. The van der Waals surface area contributed by atoms with Gasteiger partial charge in [0.05, 0.1) is 0 Å². The van der Waals surface area contributed by atoms with E-state index in [0.29, 0.717) is 0 Å². The third-order valence-electron chi connectivity index (χ3n) is 2.40. The molecule has 2 heterocycles. The van der Waals surface area contributed by atoms with Crippen LogP contribution in [0.25, 0.3) is 0 Å². The summed E-state index contributed by atoms with van der Waals surface area (Å²) in [7, 11) is 2.04. The van der Waals surface area contributed by atoms with Gasteiger partial charge in [-0.3, -0.25) is 0 Å². The summed E-state index contributed by atoms with van der Waals surface area (Å²) in [6.45, 7) is 2.42. The van der Waals surface area contributed by atoms with Crippen molar-refractivity contribution in [1.29, 1.82) is 0 Å². The Labute approximate surface area is 82.9 Å². The van der Waals surface area contributed by atoms with Crippen molar-refractivity contribution in [2.45, 2.75) is 11.6 Å². The van der Waals surface area contributed by atoms with E-state index in [2.05, 4.69) is 14.9 Å². The van der Waals surface area contributed by atoms with Crippen LogP contribution in [0.2, 0.25) is 0 Å². The maximum atomic E-state index is 4.27. The molecule has 1 fully saturated rings. The Morgan fingerprint density at radius 2 is 2.54 bits per heavy atom. The Morgan fingerprint density at radius 3 is 3.08 bits per heavy atom. The molecule has 72 valence electrons. The van der Waals surface area contributed by atoms with Gasteiger partial charge in [-0.05, 0) is 25.4 Å². The number of nitrogens with zero attached hydrogens (tertiary/aromatic N) is 2. The van der Waals surface area contributed by atoms with Crippen LogP contribution in [0.15, 0.2) is 17.6 Å². The Balaban J connectivity index is 1.70. The summed E-state index contributed by atoms with van der Waals surface area (Å²) in [5.74, 6) is 2.10. The summed E-state index contributed by atoms with van der Waals surface area (Å²) in [6, 6.07) is 0. The Morgan fingerprint density at radius 1 is 1.69 bits per heavy atom. The van der Waals surface area contributed by atoms with Crippen LogP contribution in [0.3, 0.4) is 0 Å². The van der Waals surface area contributed by atoms with Crippen LogP contribution in [-0.4, -0.2) is 28.4 Å². The molecule has 0 spiro atoms. The van der Waals surface area contributed by atoms with E-state index in [1.165, 1.54) is 25.3 Å². The minimum Gasteiger partial charge on any atom is -0.329 e. The third-order valence-corrected chi connectivity index (χ3v) is 3.49. The fourth-order valence-electron chi connectivity index (χ4n) is 1.36. The lowest BCUT2D eigenvalue weighted by Gasteiger charge is -2.26. The largest absolute Gasteiger partial charge is 0.329 e. The molecule has 2 rings (SSSR count). The Kier molecular flexibility index (Phi) is 2.90. The van der Waals surface area contributed by atoms with Gasteiger partial charge in [0.25, 0.3) is 0 Å². The van der Waals surface area contributed by atoms with E-state index in [-0.39, 0.29) is 0 Å². The highest BCUT2D eigenvalue weighted by atomic mass is 32.2. The predicted molar refractivity (Wildman–Crippen MR) is 54.9 cm³/mol. The van der Waals surface area contributed by atoms with E-state index < -0.39 is 0 Å². The topological polar surface area (TPSA) is 29.9 Å². The van der Waals surface area contributed by atoms with Crippen molar-refractivity contribution < 1.29 is 0 Å². The third kappa shape index (κ3) is 2.25.